The van der Waals surface area contributed by atoms with Crippen molar-refractivity contribution in [1.82, 2.24) is 5.32 Å². The molecule has 1 aromatic carbocycles. The molecule has 1 rings (SSSR count). The number of carbonyl (C=O) groups is 2. The molecule has 0 radical (unpaired) electrons. The van der Waals surface area contributed by atoms with Gasteiger partial charge < -0.3 is 10.1 Å². The van der Waals surface area contributed by atoms with Gasteiger partial charge in [-0.15, -0.1) is 0 Å². The Labute approximate surface area is 133 Å². The van der Waals surface area contributed by atoms with Gasteiger partial charge in [-0.05, 0) is 24.3 Å². The molecule has 0 unspecified atom stereocenters. The monoisotopic (exact) mass is 305 g/mol. The third-order valence-corrected chi connectivity index (χ3v) is 3.53. The van der Waals surface area contributed by atoms with E-state index in [-0.39, 0.29) is 23.8 Å². The highest BCUT2D eigenvalue weighted by Gasteiger charge is 2.21. The van der Waals surface area contributed by atoms with Crippen LogP contribution in [0.4, 0.5) is 0 Å². The number of nitrogens with one attached hydrogen (secondary N) is 1. The van der Waals surface area contributed by atoms with Crippen LogP contribution in [0.5, 0.6) is 0 Å². The molecule has 0 aliphatic rings. The molecule has 0 saturated heterocycles. The highest BCUT2D eigenvalue weighted by molar-refractivity contribution is 5.76. The Morgan fingerprint density at radius 1 is 1.14 bits per heavy atom. The van der Waals surface area contributed by atoms with E-state index in [1.165, 1.54) is 7.11 Å². The van der Waals surface area contributed by atoms with Crippen LogP contribution in [0, 0.1) is 11.8 Å². The van der Waals surface area contributed by atoms with Crippen molar-refractivity contribution in [3.05, 3.63) is 35.9 Å². The quantitative estimate of drug-likeness (QED) is 0.751. The minimum atomic E-state index is -0.240. The van der Waals surface area contributed by atoms with E-state index >= 15 is 0 Å². The fourth-order valence-electron chi connectivity index (χ4n) is 2.47. The molecule has 0 aliphatic heterocycles. The number of esters is 1. The van der Waals surface area contributed by atoms with Crippen molar-refractivity contribution in [2.45, 2.75) is 46.1 Å². The molecule has 0 heterocycles. The van der Waals surface area contributed by atoms with Gasteiger partial charge in [0, 0.05) is 12.5 Å². The maximum absolute atomic E-state index is 12.0. The second-order valence-electron chi connectivity index (χ2n) is 6.21. The Morgan fingerprint density at radius 2 is 1.77 bits per heavy atom. The first-order valence-corrected chi connectivity index (χ1v) is 7.83. The normalized spacial score (nSPS) is 13.5. The SMILES string of the molecule is COC(=O)[C@@H](C)C[C@H](Cc1ccccc1)NC(=O)CC(C)C. The third kappa shape index (κ3) is 6.74. The van der Waals surface area contributed by atoms with E-state index in [1.807, 2.05) is 51.1 Å². The fraction of sp³-hybridized carbons (Fsp3) is 0.556. The summed E-state index contributed by atoms with van der Waals surface area (Å²) in [5.74, 6) is -0.127. The lowest BCUT2D eigenvalue weighted by atomic mass is 9.95. The van der Waals surface area contributed by atoms with Crippen molar-refractivity contribution in [3.63, 3.8) is 0 Å². The smallest absolute Gasteiger partial charge is 0.308 e. The second kappa shape index (κ2) is 9.23. The number of amides is 1. The minimum Gasteiger partial charge on any atom is -0.469 e. The van der Waals surface area contributed by atoms with E-state index in [9.17, 15) is 9.59 Å². The van der Waals surface area contributed by atoms with Crippen molar-refractivity contribution in [1.29, 1.82) is 0 Å². The Hall–Kier alpha value is -1.84. The van der Waals surface area contributed by atoms with Gasteiger partial charge in [0.2, 0.25) is 5.91 Å². The lowest BCUT2D eigenvalue weighted by Crippen LogP contribution is -2.39. The molecule has 0 aromatic heterocycles. The summed E-state index contributed by atoms with van der Waals surface area (Å²) < 4.78 is 4.78. The first-order chi connectivity index (χ1) is 10.4. The number of benzene rings is 1. The molecule has 0 fully saturated rings. The fourth-order valence-corrected chi connectivity index (χ4v) is 2.47. The van der Waals surface area contributed by atoms with Crippen molar-refractivity contribution < 1.29 is 14.3 Å². The molecular formula is C18H27NO3. The summed E-state index contributed by atoms with van der Waals surface area (Å²) in [7, 11) is 1.39. The van der Waals surface area contributed by atoms with Crippen molar-refractivity contribution in [2.24, 2.45) is 11.8 Å². The molecule has 4 nitrogen and oxygen atoms in total. The lowest BCUT2D eigenvalue weighted by Gasteiger charge is -2.22. The number of hydrogen-bond acceptors (Lipinski definition) is 3. The molecule has 0 spiro atoms. The van der Waals surface area contributed by atoms with E-state index in [4.69, 9.17) is 4.74 Å². The molecule has 0 aliphatic carbocycles. The summed E-state index contributed by atoms with van der Waals surface area (Å²) >= 11 is 0. The van der Waals surface area contributed by atoms with E-state index in [0.29, 0.717) is 25.2 Å². The molecular weight excluding hydrogens is 278 g/mol. The summed E-state index contributed by atoms with van der Waals surface area (Å²) in [5.41, 5.74) is 1.15. The topological polar surface area (TPSA) is 55.4 Å². The summed E-state index contributed by atoms with van der Waals surface area (Å²) in [5, 5.41) is 3.06. The maximum Gasteiger partial charge on any atom is 0.308 e. The van der Waals surface area contributed by atoms with E-state index in [1.54, 1.807) is 0 Å². The van der Waals surface area contributed by atoms with E-state index < -0.39 is 0 Å². The van der Waals surface area contributed by atoms with Crippen LogP contribution < -0.4 is 5.32 Å². The number of methoxy groups -OCH3 is 1. The van der Waals surface area contributed by atoms with Crippen LogP contribution >= 0.6 is 0 Å². The summed E-state index contributed by atoms with van der Waals surface area (Å²) in [6, 6.07) is 9.92. The van der Waals surface area contributed by atoms with Crippen LogP contribution in [0.2, 0.25) is 0 Å². The zero-order valence-corrected chi connectivity index (χ0v) is 14.0. The molecule has 2 atom stereocenters. The van der Waals surface area contributed by atoms with Gasteiger partial charge in [-0.25, -0.2) is 0 Å². The second-order valence-corrected chi connectivity index (χ2v) is 6.21. The molecule has 22 heavy (non-hydrogen) atoms. The highest BCUT2D eigenvalue weighted by Crippen LogP contribution is 2.14. The molecule has 0 bridgehead atoms. The zero-order chi connectivity index (χ0) is 16.5. The first kappa shape index (κ1) is 18.2. The molecule has 1 N–H and O–H groups in total. The van der Waals surface area contributed by atoms with Crippen molar-refractivity contribution >= 4 is 11.9 Å². The molecule has 4 heteroatoms. The van der Waals surface area contributed by atoms with E-state index in [2.05, 4.69) is 5.32 Å². The van der Waals surface area contributed by atoms with Gasteiger partial charge in [-0.3, -0.25) is 9.59 Å². The predicted molar refractivity (Wildman–Crippen MR) is 87.3 cm³/mol. The largest absolute Gasteiger partial charge is 0.469 e. The van der Waals surface area contributed by atoms with Crippen LogP contribution in [0.1, 0.15) is 39.2 Å². The van der Waals surface area contributed by atoms with E-state index in [0.717, 1.165) is 5.56 Å². The van der Waals surface area contributed by atoms with Gasteiger partial charge in [0.05, 0.1) is 13.0 Å². The minimum absolute atomic E-state index is 0.0352. The van der Waals surface area contributed by atoms with Crippen LogP contribution in [0.25, 0.3) is 0 Å². The third-order valence-electron chi connectivity index (χ3n) is 3.53. The molecule has 122 valence electrons. The average molecular weight is 305 g/mol. The van der Waals surface area contributed by atoms with Crippen molar-refractivity contribution in [3.8, 4) is 0 Å². The Morgan fingerprint density at radius 3 is 2.32 bits per heavy atom. The van der Waals surface area contributed by atoms with Crippen molar-refractivity contribution in [2.75, 3.05) is 7.11 Å². The molecule has 0 saturated carbocycles. The Kier molecular flexibility index (Phi) is 7.64. The van der Waals surface area contributed by atoms with Gasteiger partial charge in [-0.1, -0.05) is 51.1 Å². The highest BCUT2D eigenvalue weighted by atomic mass is 16.5. The van der Waals surface area contributed by atoms with Gasteiger partial charge in [0.1, 0.15) is 0 Å². The zero-order valence-electron chi connectivity index (χ0n) is 14.0. The molecule has 1 amide bonds. The van der Waals surface area contributed by atoms with Crippen LogP contribution in [-0.2, 0) is 20.7 Å². The number of carbonyl (C=O) groups excluding carboxylic acids is 2. The van der Waals surface area contributed by atoms with Gasteiger partial charge in [0.25, 0.3) is 0 Å². The summed E-state index contributed by atoms with van der Waals surface area (Å²) in [6.07, 6.45) is 1.79. The van der Waals surface area contributed by atoms with Crippen LogP contribution in [0.3, 0.4) is 0 Å². The van der Waals surface area contributed by atoms with Gasteiger partial charge in [0.15, 0.2) is 0 Å². The maximum atomic E-state index is 12.0. The number of ether oxygens (including phenoxy) is 1. The standard InChI is InChI=1S/C18H27NO3/c1-13(2)10-17(20)19-16(11-14(3)18(21)22-4)12-15-8-6-5-7-9-15/h5-9,13-14,16H,10-12H2,1-4H3,(H,19,20)/t14-,16+/m0/s1. The predicted octanol–water partition coefficient (Wildman–Crippen LogP) is 2.96. The Balaban J connectivity index is 2.71. The van der Waals surface area contributed by atoms with Crippen LogP contribution in [-0.4, -0.2) is 25.0 Å². The first-order valence-electron chi connectivity index (χ1n) is 7.83. The summed E-state index contributed by atoms with van der Waals surface area (Å²) in [4.78, 5) is 23.7. The van der Waals surface area contributed by atoms with Gasteiger partial charge >= 0.3 is 5.97 Å². The van der Waals surface area contributed by atoms with Gasteiger partial charge in [-0.2, -0.15) is 0 Å². The van der Waals surface area contributed by atoms with Crippen LogP contribution in [0.15, 0.2) is 30.3 Å². The number of hydrogen-bond donors (Lipinski definition) is 1. The number of rotatable bonds is 8. The summed E-state index contributed by atoms with van der Waals surface area (Å²) in [6.45, 7) is 5.87. The Bertz CT molecular complexity index is 470. The lowest BCUT2D eigenvalue weighted by molar-refractivity contribution is -0.145. The average Bonchev–Trinajstić information content (AvgIpc) is 2.46. The molecule has 1 aromatic rings.